The molecule has 1 aromatic carbocycles. The molecule has 0 spiro atoms. The van der Waals surface area contributed by atoms with Gasteiger partial charge in [0.05, 0.1) is 23.3 Å². The zero-order valence-corrected chi connectivity index (χ0v) is 9.96. The van der Waals surface area contributed by atoms with Gasteiger partial charge in [0, 0.05) is 18.7 Å². The molecule has 1 heterocycles. The number of anilines is 1. The molecule has 1 aliphatic rings. The average Bonchev–Trinajstić information content (AvgIpc) is 2.84. The van der Waals surface area contributed by atoms with Gasteiger partial charge in [0.15, 0.2) is 0 Å². The summed E-state index contributed by atoms with van der Waals surface area (Å²) in [5, 5.41) is 25.2. The maximum absolute atomic E-state index is 11.6. The molecule has 2 rings (SSSR count). The normalized spacial score (nSPS) is 18.0. The number of nitro benzene ring substituents is 1. The summed E-state index contributed by atoms with van der Waals surface area (Å²) in [4.78, 5) is 21.6. The van der Waals surface area contributed by atoms with Gasteiger partial charge in [-0.15, -0.1) is 0 Å². The molecule has 102 valence electrons. The van der Waals surface area contributed by atoms with Gasteiger partial charge in [-0.25, -0.2) is 4.79 Å². The van der Waals surface area contributed by atoms with Gasteiger partial charge in [-0.3, -0.25) is 10.1 Å². The third-order valence-electron chi connectivity index (χ3n) is 2.70. The number of nitro groups is 1. The van der Waals surface area contributed by atoms with Crippen LogP contribution in [0.1, 0.15) is 6.42 Å². The molecule has 8 heteroatoms. The second kappa shape index (κ2) is 5.53. The molecule has 0 saturated carbocycles. The molecular formula is C11H13N3O5. The molecule has 1 aliphatic heterocycles. The van der Waals surface area contributed by atoms with Crippen LogP contribution in [-0.2, 0) is 4.74 Å². The van der Waals surface area contributed by atoms with E-state index in [2.05, 4.69) is 10.6 Å². The fraction of sp³-hybridized carbons (Fsp3) is 0.364. The lowest BCUT2D eigenvalue weighted by atomic mass is 10.2. The van der Waals surface area contributed by atoms with Gasteiger partial charge in [0.2, 0.25) is 0 Å². The number of amides is 2. The van der Waals surface area contributed by atoms with Gasteiger partial charge >= 0.3 is 6.03 Å². The van der Waals surface area contributed by atoms with E-state index in [9.17, 15) is 20.0 Å². The second-order valence-electron chi connectivity index (χ2n) is 4.12. The predicted molar refractivity (Wildman–Crippen MR) is 66.1 cm³/mol. The fourth-order valence-electron chi connectivity index (χ4n) is 1.73. The Hall–Kier alpha value is -2.35. The largest absolute Gasteiger partial charge is 0.506 e. The van der Waals surface area contributed by atoms with Crippen molar-refractivity contribution >= 4 is 17.4 Å². The molecule has 1 fully saturated rings. The van der Waals surface area contributed by atoms with Crippen molar-refractivity contribution < 1.29 is 19.6 Å². The monoisotopic (exact) mass is 267 g/mol. The summed E-state index contributed by atoms with van der Waals surface area (Å²) in [6.07, 6.45) is 0.717. The van der Waals surface area contributed by atoms with Crippen LogP contribution in [-0.4, -0.2) is 35.3 Å². The molecule has 3 N–H and O–H groups in total. The highest BCUT2D eigenvalue weighted by Crippen LogP contribution is 2.27. The van der Waals surface area contributed by atoms with Gasteiger partial charge in [-0.05, 0) is 12.5 Å². The molecule has 0 radical (unpaired) electrons. The number of rotatable bonds is 3. The van der Waals surface area contributed by atoms with E-state index in [1.165, 1.54) is 0 Å². The minimum Gasteiger partial charge on any atom is -0.506 e. The number of hydrogen-bond acceptors (Lipinski definition) is 5. The Balaban J connectivity index is 2.02. The maximum atomic E-state index is 11.6. The van der Waals surface area contributed by atoms with Crippen LogP contribution >= 0.6 is 0 Å². The molecule has 0 aromatic heterocycles. The number of benzene rings is 1. The van der Waals surface area contributed by atoms with E-state index >= 15 is 0 Å². The van der Waals surface area contributed by atoms with Crippen LogP contribution in [0.5, 0.6) is 5.75 Å². The van der Waals surface area contributed by atoms with Gasteiger partial charge in [-0.2, -0.15) is 0 Å². The number of nitrogens with zero attached hydrogens (tertiary/aromatic N) is 1. The highest BCUT2D eigenvalue weighted by Gasteiger charge is 2.19. The molecule has 0 aliphatic carbocycles. The molecule has 0 bridgehead atoms. The summed E-state index contributed by atoms with van der Waals surface area (Å²) in [5.74, 6) is -0.233. The number of nitrogens with one attached hydrogen (secondary N) is 2. The van der Waals surface area contributed by atoms with E-state index in [0.717, 1.165) is 18.2 Å². The number of phenols is 1. The van der Waals surface area contributed by atoms with E-state index in [4.69, 9.17) is 4.74 Å². The van der Waals surface area contributed by atoms with Gasteiger partial charge in [-0.1, -0.05) is 0 Å². The summed E-state index contributed by atoms with van der Waals surface area (Å²) in [7, 11) is 0. The molecule has 19 heavy (non-hydrogen) atoms. The number of urea groups is 1. The van der Waals surface area contributed by atoms with Crippen LogP contribution in [0.4, 0.5) is 16.2 Å². The first kappa shape index (κ1) is 13.1. The van der Waals surface area contributed by atoms with Crippen molar-refractivity contribution in [2.24, 2.45) is 0 Å². The average molecular weight is 267 g/mol. The summed E-state index contributed by atoms with van der Waals surface area (Å²) in [5.41, 5.74) is -0.220. The van der Waals surface area contributed by atoms with Crippen LogP contribution in [0.2, 0.25) is 0 Å². The highest BCUT2D eigenvalue weighted by atomic mass is 16.6. The Morgan fingerprint density at radius 3 is 2.95 bits per heavy atom. The first-order chi connectivity index (χ1) is 9.06. The Morgan fingerprint density at radius 2 is 2.32 bits per heavy atom. The fourth-order valence-corrected chi connectivity index (χ4v) is 1.73. The van der Waals surface area contributed by atoms with Crippen LogP contribution in [0.15, 0.2) is 18.2 Å². The van der Waals surface area contributed by atoms with E-state index < -0.39 is 11.0 Å². The molecule has 2 amide bonds. The van der Waals surface area contributed by atoms with Crippen LogP contribution in [0, 0.1) is 10.1 Å². The zero-order valence-electron chi connectivity index (χ0n) is 9.96. The topological polar surface area (TPSA) is 114 Å². The Labute approximate surface area is 108 Å². The third-order valence-corrected chi connectivity index (χ3v) is 2.70. The summed E-state index contributed by atoms with van der Waals surface area (Å²) < 4.78 is 5.10. The molecule has 1 unspecified atom stereocenters. The number of non-ortho nitro benzene ring substituents is 1. The van der Waals surface area contributed by atoms with Crippen molar-refractivity contribution in [1.82, 2.24) is 5.32 Å². The summed E-state index contributed by atoms with van der Waals surface area (Å²) in [6, 6.07) is 2.79. The smallest absolute Gasteiger partial charge is 0.319 e. The molecule has 1 atom stereocenters. The van der Waals surface area contributed by atoms with E-state index in [1.807, 2.05) is 0 Å². The van der Waals surface area contributed by atoms with E-state index in [1.54, 1.807) is 0 Å². The van der Waals surface area contributed by atoms with Crippen LogP contribution in [0.3, 0.4) is 0 Å². The maximum Gasteiger partial charge on any atom is 0.319 e. The SMILES string of the molecule is O=C(Nc1cc([N+](=O)[O-])ccc1O)NC1CCOC1. The summed E-state index contributed by atoms with van der Waals surface area (Å²) in [6.45, 7) is 1.03. The minimum atomic E-state index is -0.604. The van der Waals surface area contributed by atoms with Gasteiger partial charge in [0.1, 0.15) is 5.75 Å². The van der Waals surface area contributed by atoms with Crippen molar-refractivity contribution in [2.45, 2.75) is 12.5 Å². The first-order valence-corrected chi connectivity index (χ1v) is 5.69. The predicted octanol–water partition coefficient (Wildman–Crippen LogP) is 1.21. The molecular weight excluding hydrogens is 254 g/mol. The Morgan fingerprint density at radius 1 is 1.53 bits per heavy atom. The van der Waals surface area contributed by atoms with Crippen molar-refractivity contribution in [3.05, 3.63) is 28.3 Å². The standard InChI is InChI=1S/C11H13N3O5/c15-10-2-1-8(14(17)18)5-9(10)13-11(16)12-7-3-4-19-6-7/h1-2,5,7,15H,3-4,6H2,(H2,12,13,16). The number of phenolic OH excluding ortho intramolecular Hbond substituents is 1. The lowest BCUT2D eigenvalue weighted by Gasteiger charge is -2.12. The third kappa shape index (κ3) is 3.32. The van der Waals surface area contributed by atoms with Crippen molar-refractivity contribution in [1.29, 1.82) is 0 Å². The van der Waals surface area contributed by atoms with Gasteiger partial charge < -0.3 is 20.5 Å². The number of ether oxygens (including phenoxy) is 1. The van der Waals surface area contributed by atoms with E-state index in [-0.39, 0.29) is 23.2 Å². The molecule has 1 aromatic rings. The number of aromatic hydroxyl groups is 1. The van der Waals surface area contributed by atoms with E-state index in [0.29, 0.717) is 19.6 Å². The van der Waals surface area contributed by atoms with Crippen LogP contribution < -0.4 is 10.6 Å². The molecule has 1 saturated heterocycles. The first-order valence-electron chi connectivity index (χ1n) is 5.69. The lowest BCUT2D eigenvalue weighted by molar-refractivity contribution is -0.384. The number of carbonyl (C=O) groups excluding carboxylic acids is 1. The molecule has 8 nitrogen and oxygen atoms in total. The quantitative estimate of drug-likeness (QED) is 0.432. The van der Waals surface area contributed by atoms with Crippen molar-refractivity contribution in [2.75, 3.05) is 18.5 Å². The van der Waals surface area contributed by atoms with Crippen molar-refractivity contribution in [3.63, 3.8) is 0 Å². The number of hydrogen-bond donors (Lipinski definition) is 3. The highest BCUT2D eigenvalue weighted by molar-refractivity contribution is 5.91. The lowest BCUT2D eigenvalue weighted by Crippen LogP contribution is -2.38. The summed E-state index contributed by atoms with van der Waals surface area (Å²) >= 11 is 0. The Bertz CT molecular complexity index is 499. The second-order valence-corrected chi connectivity index (χ2v) is 4.12. The Kier molecular flexibility index (Phi) is 3.81. The van der Waals surface area contributed by atoms with Crippen LogP contribution in [0.25, 0.3) is 0 Å². The minimum absolute atomic E-state index is 0.00869. The van der Waals surface area contributed by atoms with Gasteiger partial charge in [0.25, 0.3) is 5.69 Å². The number of carbonyl (C=O) groups is 1. The zero-order chi connectivity index (χ0) is 13.8. The van der Waals surface area contributed by atoms with Crippen molar-refractivity contribution in [3.8, 4) is 5.75 Å².